The first-order valence-corrected chi connectivity index (χ1v) is 12.4. The number of piperidine rings is 1. The van der Waals surface area contributed by atoms with Gasteiger partial charge < -0.3 is 10.6 Å². The lowest BCUT2D eigenvalue weighted by Gasteiger charge is -2.30. The molecule has 0 aliphatic carbocycles. The summed E-state index contributed by atoms with van der Waals surface area (Å²) in [6.07, 6.45) is 4.55. The number of halogens is 1. The van der Waals surface area contributed by atoms with E-state index in [2.05, 4.69) is 19.9 Å². The van der Waals surface area contributed by atoms with Crippen molar-refractivity contribution in [3.8, 4) is 16.6 Å². The summed E-state index contributed by atoms with van der Waals surface area (Å²) >= 11 is 2.84. The zero-order valence-corrected chi connectivity index (χ0v) is 19.6. The second-order valence-electron chi connectivity index (χ2n) is 8.06. The van der Waals surface area contributed by atoms with Crippen molar-refractivity contribution in [2.24, 2.45) is 0 Å². The van der Waals surface area contributed by atoms with Gasteiger partial charge in [0.1, 0.15) is 10.8 Å². The van der Waals surface area contributed by atoms with Crippen LogP contribution in [0.2, 0.25) is 0 Å². The van der Waals surface area contributed by atoms with Gasteiger partial charge in [0.05, 0.1) is 29.9 Å². The second kappa shape index (κ2) is 9.54. The number of benzene rings is 2. The van der Waals surface area contributed by atoms with Crippen LogP contribution in [-0.4, -0.2) is 33.7 Å². The molecule has 0 spiro atoms. The lowest BCUT2D eigenvalue weighted by Crippen LogP contribution is -2.41. The molecular formula is C24H20FN5O2S2. The van der Waals surface area contributed by atoms with Crippen LogP contribution in [-0.2, 0) is 11.3 Å². The number of thiazole rings is 1. The van der Waals surface area contributed by atoms with Crippen LogP contribution in [0.4, 0.5) is 10.1 Å². The summed E-state index contributed by atoms with van der Waals surface area (Å²) < 4.78 is 16.4. The standard InChI is InChI=1S/C24H20FN5O2S2/c25-18-9-14(11-26)4-6-17(18)24-28-13-16(33-24)12-27-22(31)15-5-7-21-19(10-15)29-23(32)20-3-1-2-8-30(20)34-21/h4-7,9-10,13,20H,1-3,8,12H2,(H,27,31)(H,29,32). The summed E-state index contributed by atoms with van der Waals surface area (Å²) in [6.45, 7) is 1.11. The fraction of sp³-hybridized carbons (Fsp3) is 0.250. The van der Waals surface area contributed by atoms with Gasteiger partial charge >= 0.3 is 0 Å². The molecule has 10 heteroatoms. The van der Waals surface area contributed by atoms with Crippen LogP contribution in [0.15, 0.2) is 47.5 Å². The fourth-order valence-electron chi connectivity index (χ4n) is 4.01. The molecule has 5 rings (SSSR count). The molecule has 1 unspecified atom stereocenters. The Morgan fingerprint density at radius 1 is 1.29 bits per heavy atom. The lowest BCUT2D eigenvalue weighted by atomic mass is 10.0. The van der Waals surface area contributed by atoms with Gasteiger partial charge in [-0.3, -0.25) is 9.59 Å². The van der Waals surface area contributed by atoms with E-state index >= 15 is 0 Å². The normalized spacial score (nSPS) is 17.6. The van der Waals surface area contributed by atoms with Crippen LogP contribution < -0.4 is 10.6 Å². The molecule has 2 aliphatic heterocycles. The summed E-state index contributed by atoms with van der Waals surface area (Å²) in [6, 6.07) is 11.3. The molecule has 7 nitrogen and oxygen atoms in total. The Bertz CT molecular complexity index is 1320. The average Bonchev–Trinajstić information content (AvgIpc) is 3.26. The molecule has 2 aliphatic rings. The number of nitriles is 1. The third-order valence-electron chi connectivity index (χ3n) is 5.78. The van der Waals surface area contributed by atoms with Gasteiger partial charge in [-0.1, -0.05) is 6.42 Å². The summed E-state index contributed by atoms with van der Waals surface area (Å²) in [5.74, 6) is -0.815. The lowest BCUT2D eigenvalue weighted by molar-refractivity contribution is -0.120. The van der Waals surface area contributed by atoms with Crippen LogP contribution in [0.5, 0.6) is 0 Å². The van der Waals surface area contributed by atoms with E-state index in [1.54, 1.807) is 36.3 Å². The number of fused-ring (bicyclic) bond motifs is 2. The van der Waals surface area contributed by atoms with Crippen molar-refractivity contribution in [1.29, 1.82) is 5.26 Å². The number of hydrogen-bond donors (Lipinski definition) is 2. The molecule has 0 bridgehead atoms. The van der Waals surface area contributed by atoms with E-state index in [4.69, 9.17) is 5.26 Å². The van der Waals surface area contributed by atoms with Gasteiger partial charge in [0.15, 0.2) is 0 Å². The number of rotatable bonds is 4. The molecule has 2 N–H and O–H groups in total. The van der Waals surface area contributed by atoms with E-state index < -0.39 is 5.82 Å². The Kier molecular flexibility index (Phi) is 6.32. The van der Waals surface area contributed by atoms with E-state index in [9.17, 15) is 14.0 Å². The largest absolute Gasteiger partial charge is 0.347 e. The summed E-state index contributed by atoms with van der Waals surface area (Å²) in [7, 11) is 0. The van der Waals surface area contributed by atoms with Gasteiger partial charge in [-0.15, -0.1) is 11.3 Å². The van der Waals surface area contributed by atoms with Crippen molar-refractivity contribution >= 4 is 40.8 Å². The fourth-order valence-corrected chi connectivity index (χ4v) is 6.03. The van der Waals surface area contributed by atoms with Gasteiger partial charge in [0.25, 0.3) is 5.91 Å². The molecule has 1 saturated heterocycles. The molecule has 2 amide bonds. The minimum Gasteiger partial charge on any atom is -0.347 e. The van der Waals surface area contributed by atoms with Crippen LogP contribution in [0.3, 0.4) is 0 Å². The van der Waals surface area contributed by atoms with Gasteiger partial charge in [-0.2, -0.15) is 5.26 Å². The summed E-state index contributed by atoms with van der Waals surface area (Å²) in [5, 5.41) is 15.2. The zero-order chi connectivity index (χ0) is 23.7. The Hall–Kier alpha value is -3.26. The highest BCUT2D eigenvalue weighted by Gasteiger charge is 2.33. The van der Waals surface area contributed by atoms with Gasteiger partial charge in [0, 0.05) is 33.6 Å². The highest BCUT2D eigenvalue weighted by atomic mass is 32.2. The number of nitrogens with one attached hydrogen (secondary N) is 2. The maximum Gasteiger partial charge on any atom is 0.251 e. The maximum absolute atomic E-state index is 14.3. The monoisotopic (exact) mass is 493 g/mol. The minimum absolute atomic E-state index is 0.0317. The number of anilines is 1. The number of hydrogen-bond acceptors (Lipinski definition) is 7. The Labute approximate surface area is 204 Å². The Morgan fingerprint density at radius 3 is 3.00 bits per heavy atom. The van der Waals surface area contributed by atoms with Crippen molar-refractivity contribution in [1.82, 2.24) is 14.6 Å². The second-order valence-corrected chi connectivity index (χ2v) is 10.3. The minimum atomic E-state index is -0.509. The molecule has 0 radical (unpaired) electrons. The first-order chi connectivity index (χ1) is 16.5. The highest BCUT2D eigenvalue weighted by molar-refractivity contribution is 7.97. The summed E-state index contributed by atoms with van der Waals surface area (Å²) in [5.41, 5.74) is 1.66. The van der Waals surface area contributed by atoms with Crippen molar-refractivity contribution in [2.75, 3.05) is 11.9 Å². The van der Waals surface area contributed by atoms with Gasteiger partial charge in [-0.25, -0.2) is 13.7 Å². The van der Waals surface area contributed by atoms with E-state index in [0.29, 0.717) is 21.8 Å². The molecule has 2 aromatic carbocycles. The number of carbonyl (C=O) groups is 2. The summed E-state index contributed by atoms with van der Waals surface area (Å²) in [4.78, 5) is 31.4. The predicted molar refractivity (Wildman–Crippen MR) is 129 cm³/mol. The molecule has 3 heterocycles. The number of aromatic nitrogens is 1. The van der Waals surface area contributed by atoms with E-state index in [1.165, 1.54) is 23.5 Å². The molecule has 1 atom stereocenters. The molecular weight excluding hydrogens is 473 g/mol. The molecule has 172 valence electrons. The van der Waals surface area contributed by atoms with E-state index in [1.807, 2.05) is 12.1 Å². The smallest absolute Gasteiger partial charge is 0.251 e. The van der Waals surface area contributed by atoms with Gasteiger partial charge in [0.2, 0.25) is 5.91 Å². The molecule has 34 heavy (non-hydrogen) atoms. The number of nitrogens with zero attached hydrogens (tertiary/aromatic N) is 3. The van der Waals surface area contributed by atoms with Crippen LogP contribution in [0.25, 0.3) is 10.6 Å². The quantitative estimate of drug-likeness (QED) is 0.517. The average molecular weight is 494 g/mol. The topological polar surface area (TPSA) is 98.1 Å². The third-order valence-corrected chi connectivity index (χ3v) is 8.03. The van der Waals surface area contributed by atoms with Crippen molar-refractivity contribution < 1.29 is 14.0 Å². The van der Waals surface area contributed by atoms with Crippen LogP contribution in [0.1, 0.15) is 40.1 Å². The van der Waals surface area contributed by atoms with E-state index in [-0.39, 0.29) is 30.0 Å². The predicted octanol–water partition coefficient (Wildman–Crippen LogP) is 4.56. The first kappa shape index (κ1) is 22.5. The molecule has 1 fully saturated rings. The van der Waals surface area contributed by atoms with Crippen LogP contribution in [0, 0.1) is 17.1 Å². The zero-order valence-electron chi connectivity index (χ0n) is 18.0. The Morgan fingerprint density at radius 2 is 2.18 bits per heavy atom. The first-order valence-electron chi connectivity index (χ1n) is 10.8. The van der Waals surface area contributed by atoms with Crippen LogP contribution >= 0.6 is 23.3 Å². The van der Waals surface area contributed by atoms with Crippen molar-refractivity contribution in [3.05, 3.63) is 64.4 Å². The van der Waals surface area contributed by atoms with Crippen molar-refractivity contribution in [3.63, 3.8) is 0 Å². The number of amides is 2. The third kappa shape index (κ3) is 4.55. The van der Waals surface area contributed by atoms with Crippen molar-refractivity contribution in [2.45, 2.75) is 36.7 Å². The van der Waals surface area contributed by atoms with Gasteiger partial charge in [-0.05, 0) is 61.2 Å². The Balaban J connectivity index is 1.26. The molecule has 0 saturated carbocycles. The molecule has 3 aromatic rings. The highest BCUT2D eigenvalue weighted by Crippen LogP contribution is 2.38. The van der Waals surface area contributed by atoms with E-state index in [0.717, 1.165) is 35.6 Å². The SMILES string of the molecule is N#Cc1ccc(-c2ncc(CNC(=O)c3ccc4c(c3)NC(=O)C3CCCCN3S4)s2)c(F)c1. The maximum atomic E-state index is 14.3. The number of carbonyl (C=O) groups excluding carboxylic acids is 2. The molecule has 1 aromatic heterocycles.